The number of nitrogens with zero attached hydrogens (tertiary/aromatic N) is 4. The Balaban J connectivity index is 1.59. The van der Waals surface area contributed by atoms with Crippen LogP contribution >= 0.6 is 0 Å². The highest BCUT2D eigenvalue weighted by Crippen LogP contribution is 2.35. The van der Waals surface area contributed by atoms with Crippen molar-refractivity contribution in [2.45, 2.75) is 38.9 Å². The second-order valence-corrected chi connectivity index (χ2v) is 12.7. The third-order valence-corrected chi connectivity index (χ3v) is 8.85. The Morgan fingerprint density at radius 3 is 2.59 bits per heavy atom. The van der Waals surface area contributed by atoms with Crippen LogP contribution in [0.2, 0.25) is 0 Å². The number of anilines is 1. The van der Waals surface area contributed by atoms with Gasteiger partial charge in [0.2, 0.25) is 0 Å². The van der Waals surface area contributed by atoms with Gasteiger partial charge < -0.3 is 20.8 Å². The standard InChI is InChI=1S/C29H35F2N5O4S/c1-18(2)26(38)15-33-28(32)19-6-8-36(9-7-19)29-24-14-22(30)13-23(27(24)34-17-35-29)20-4-5-21(25(31)12-20)16-41(39,40)11-3-10-37/h4-5,12-15,17-19,37-38H,3,6-11,16H2,1-2H3,(H2,32,33)/b26-15+. The molecule has 0 atom stereocenters. The van der Waals surface area contributed by atoms with Crippen molar-refractivity contribution in [1.82, 2.24) is 9.97 Å². The van der Waals surface area contributed by atoms with E-state index in [1.165, 1.54) is 36.8 Å². The van der Waals surface area contributed by atoms with Gasteiger partial charge in [0.15, 0.2) is 9.84 Å². The van der Waals surface area contributed by atoms with Gasteiger partial charge in [0, 0.05) is 48.0 Å². The summed E-state index contributed by atoms with van der Waals surface area (Å²) < 4.78 is 54.4. The number of amidine groups is 1. The number of piperidine rings is 1. The number of halogens is 2. The summed E-state index contributed by atoms with van der Waals surface area (Å²) in [6.45, 7) is 4.63. The molecule has 9 nitrogen and oxygen atoms in total. The van der Waals surface area contributed by atoms with E-state index in [0.717, 1.165) is 0 Å². The Hall–Kier alpha value is -3.64. The third kappa shape index (κ3) is 7.36. The Labute approximate surface area is 238 Å². The van der Waals surface area contributed by atoms with Crippen LogP contribution < -0.4 is 10.6 Å². The number of nitrogens with two attached hydrogens (primary N) is 1. The van der Waals surface area contributed by atoms with E-state index in [1.54, 1.807) is 6.07 Å². The fourth-order valence-corrected chi connectivity index (χ4v) is 6.22. The average Bonchev–Trinajstić information content (AvgIpc) is 2.95. The van der Waals surface area contributed by atoms with Crippen LogP contribution in [0.3, 0.4) is 0 Å². The molecule has 0 aliphatic carbocycles. The van der Waals surface area contributed by atoms with E-state index in [0.29, 0.717) is 59.6 Å². The highest BCUT2D eigenvalue weighted by atomic mass is 32.2. The van der Waals surface area contributed by atoms with E-state index in [1.807, 2.05) is 18.7 Å². The summed E-state index contributed by atoms with van der Waals surface area (Å²) in [6, 6.07) is 6.75. The van der Waals surface area contributed by atoms with Crippen LogP contribution in [0, 0.1) is 23.5 Å². The number of hydrogen-bond acceptors (Lipinski definition) is 8. The molecule has 1 aliphatic heterocycles. The monoisotopic (exact) mass is 587 g/mol. The normalized spacial score (nSPS) is 15.7. The number of sulfone groups is 1. The van der Waals surface area contributed by atoms with Crippen LogP contribution in [0.4, 0.5) is 14.6 Å². The van der Waals surface area contributed by atoms with E-state index in [9.17, 15) is 17.9 Å². The van der Waals surface area contributed by atoms with Gasteiger partial charge in [-0.1, -0.05) is 26.0 Å². The van der Waals surface area contributed by atoms with Gasteiger partial charge in [0.1, 0.15) is 35.4 Å². The summed E-state index contributed by atoms with van der Waals surface area (Å²) in [6.07, 6.45) is 4.23. The molecule has 1 aliphatic rings. The lowest BCUT2D eigenvalue weighted by Crippen LogP contribution is -2.39. The first-order valence-corrected chi connectivity index (χ1v) is 15.3. The van der Waals surface area contributed by atoms with E-state index in [2.05, 4.69) is 15.0 Å². The summed E-state index contributed by atoms with van der Waals surface area (Å²) in [7, 11) is -3.59. The van der Waals surface area contributed by atoms with Crippen molar-refractivity contribution >= 4 is 32.4 Å². The first-order chi connectivity index (χ1) is 19.5. The van der Waals surface area contributed by atoms with Gasteiger partial charge in [-0.15, -0.1) is 0 Å². The molecular weight excluding hydrogens is 552 g/mol. The number of benzene rings is 2. The van der Waals surface area contributed by atoms with Crippen molar-refractivity contribution in [2.24, 2.45) is 22.6 Å². The fourth-order valence-electron chi connectivity index (χ4n) is 4.80. The Kier molecular flexibility index (Phi) is 9.54. The predicted molar refractivity (Wildman–Crippen MR) is 156 cm³/mol. The SMILES string of the molecule is CC(C)/C(O)=C\N=C(N)C1CCN(c2ncnc3c(-c4ccc(CS(=O)(=O)CCCO)c(F)c4)cc(F)cc23)CC1. The zero-order valence-electron chi connectivity index (χ0n) is 23.1. The maximum Gasteiger partial charge on any atom is 0.154 e. The molecule has 0 saturated carbocycles. The molecule has 0 amide bonds. The summed E-state index contributed by atoms with van der Waals surface area (Å²) >= 11 is 0. The summed E-state index contributed by atoms with van der Waals surface area (Å²) in [5, 5.41) is 19.3. The first-order valence-electron chi connectivity index (χ1n) is 13.5. The number of aliphatic hydroxyl groups excluding tert-OH is 2. The fraction of sp³-hybridized carbons (Fsp3) is 0.414. The Morgan fingerprint density at radius 1 is 1.20 bits per heavy atom. The van der Waals surface area contributed by atoms with Crippen LogP contribution in [0.1, 0.15) is 38.7 Å². The Bertz CT molecular complexity index is 1570. The molecule has 12 heteroatoms. The quantitative estimate of drug-likeness (QED) is 0.179. The highest BCUT2D eigenvalue weighted by molar-refractivity contribution is 7.90. The predicted octanol–water partition coefficient (Wildman–Crippen LogP) is 4.50. The highest BCUT2D eigenvalue weighted by Gasteiger charge is 2.25. The lowest BCUT2D eigenvalue weighted by atomic mass is 9.95. The number of hydrogen-bond donors (Lipinski definition) is 3. The van der Waals surface area contributed by atoms with Crippen LogP contribution in [0.5, 0.6) is 0 Å². The molecule has 0 radical (unpaired) electrons. The number of allylic oxidation sites excluding steroid dienone is 1. The molecule has 4 N–H and O–H groups in total. The summed E-state index contributed by atoms with van der Waals surface area (Å²) in [5.74, 6) is -0.854. The first kappa shape index (κ1) is 30.3. The molecule has 0 unspecified atom stereocenters. The minimum absolute atomic E-state index is 0.00306. The zero-order valence-corrected chi connectivity index (χ0v) is 23.9. The van der Waals surface area contributed by atoms with Gasteiger partial charge in [0.05, 0.1) is 23.2 Å². The maximum absolute atomic E-state index is 15.0. The van der Waals surface area contributed by atoms with Gasteiger partial charge in [-0.05, 0) is 43.0 Å². The largest absolute Gasteiger partial charge is 0.510 e. The summed E-state index contributed by atoms with van der Waals surface area (Å²) in [4.78, 5) is 15.1. The lowest BCUT2D eigenvalue weighted by molar-refractivity contribution is 0.295. The van der Waals surface area contributed by atoms with Gasteiger partial charge in [-0.2, -0.15) is 0 Å². The number of aromatic nitrogens is 2. The molecule has 1 aromatic heterocycles. The van der Waals surface area contributed by atoms with E-state index in [4.69, 9.17) is 10.8 Å². The van der Waals surface area contributed by atoms with Crippen molar-refractivity contribution in [3.8, 4) is 11.1 Å². The smallest absolute Gasteiger partial charge is 0.154 e. The maximum atomic E-state index is 15.0. The molecular formula is C29H35F2N5O4S. The van der Waals surface area contributed by atoms with Crippen molar-refractivity contribution < 1.29 is 27.4 Å². The third-order valence-electron chi connectivity index (χ3n) is 7.19. The molecule has 2 aromatic carbocycles. The molecule has 1 fully saturated rings. The summed E-state index contributed by atoms with van der Waals surface area (Å²) in [5.41, 5.74) is 7.34. The molecule has 1 saturated heterocycles. The molecule has 3 aromatic rings. The Morgan fingerprint density at radius 2 is 1.93 bits per heavy atom. The van der Waals surface area contributed by atoms with E-state index >= 15 is 4.39 Å². The lowest BCUT2D eigenvalue weighted by Gasteiger charge is -2.33. The van der Waals surface area contributed by atoms with Gasteiger partial charge in [-0.3, -0.25) is 0 Å². The van der Waals surface area contributed by atoms with Crippen LogP contribution in [-0.2, 0) is 15.6 Å². The molecule has 4 rings (SSSR count). The van der Waals surface area contributed by atoms with Crippen molar-refractivity contribution in [2.75, 3.05) is 30.3 Å². The number of aliphatic imine (C=N–C) groups is 1. The molecule has 0 bridgehead atoms. The molecule has 220 valence electrons. The van der Waals surface area contributed by atoms with Gasteiger partial charge >= 0.3 is 0 Å². The number of aliphatic hydroxyl groups is 2. The van der Waals surface area contributed by atoms with Crippen molar-refractivity contribution in [3.63, 3.8) is 0 Å². The van der Waals surface area contributed by atoms with Crippen molar-refractivity contribution in [3.05, 3.63) is 65.8 Å². The van der Waals surface area contributed by atoms with E-state index < -0.39 is 27.2 Å². The van der Waals surface area contributed by atoms with Crippen LogP contribution in [-0.4, -0.2) is 59.9 Å². The molecule has 41 heavy (non-hydrogen) atoms. The molecule has 0 spiro atoms. The minimum atomic E-state index is -3.59. The number of rotatable bonds is 10. The topological polar surface area (TPSA) is 142 Å². The van der Waals surface area contributed by atoms with Gasteiger partial charge in [-0.25, -0.2) is 32.2 Å². The minimum Gasteiger partial charge on any atom is -0.510 e. The second-order valence-electron chi connectivity index (χ2n) is 10.5. The molecule has 2 heterocycles. The van der Waals surface area contributed by atoms with Crippen LogP contribution in [0.15, 0.2) is 53.6 Å². The van der Waals surface area contributed by atoms with Crippen LogP contribution in [0.25, 0.3) is 22.0 Å². The zero-order chi connectivity index (χ0) is 29.7. The van der Waals surface area contributed by atoms with E-state index in [-0.39, 0.29) is 41.9 Å². The second kappa shape index (κ2) is 12.9. The van der Waals surface area contributed by atoms with Gasteiger partial charge in [0.25, 0.3) is 0 Å². The average molecular weight is 588 g/mol. The van der Waals surface area contributed by atoms with Crippen molar-refractivity contribution in [1.29, 1.82) is 0 Å². The number of fused-ring (bicyclic) bond motifs is 1.